The molecule has 2 fully saturated rings. The summed E-state index contributed by atoms with van der Waals surface area (Å²) >= 11 is 0. The fourth-order valence-electron chi connectivity index (χ4n) is 3.56. The lowest BCUT2D eigenvalue weighted by atomic mass is 9.93. The Labute approximate surface area is 142 Å². The van der Waals surface area contributed by atoms with Crippen LogP contribution in [0.25, 0.3) is 0 Å². The summed E-state index contributed by atoms with van der Waals surface area (Å²) in [5.74, 6) is 0.737. The summed E-state index contributed by atoms with van der Waals surface area (Å²) in [6.45, 7) is 3.34. The summed E-state index contributed by atoms with van der Waals surface area (Å²) in [5.41, 5.74) is 6.30. The largest absolute Gasteiger partial charge is 0.496 e. The van der Waals surface area contributed by atoms with Crippen molar-refractivity contribution in [2.45, 2.75) is 25.3 Å². The van der Waals surface area contributed by atoms with E-state index in [1.807, 2.05) is 29.2 Å². The first-order valence-corrected chi connectivity index (χ1v) is 8.51. The van der Waals surface area contributed by atoms with Crippen molar-refractivity contribution < 1.29 is 14.3 Å². The Morgan fingerprint density at radius 1 is 1.21 bits per heavy atom. The highest BCUT2D eigenvalue weighted by Gasteiger charge is 2.36. The molecule has 0 aromatic heterocycles. The molecule has 24 heavy (non-hydrogen) atoms. The van der Waals surface area contributed by atoms with E-state index in [1.54, 1.807) is 7.11 Å². The van der Waals surface area contributed by atoms with Crippen LogP contribution < -0.4 is 10.5 Å². The summed E-state index contributed by atoms with van der Waals surface area (Å²) in [6, 6.07) is 8.06. The normalized spacial score (nSPS) is 19.8. The Bertz CT molecular complexity index is 605. The lowest BCUT2D eigenvalue weighted by molar-refractivity contribution is -0.138. The quantitative estimate of drug-likeness (QED) is 0.859. The van der Waals surface area contributed by atoms with Gasteiger partial charge in [0.2, 0.25) is 11.8 Å². The monoisotopic (exact) mass is 331 g/mol. The van der Waals surface area contributed by atoms with Gasteiger partial charge in [-0.05, 0) is 32.0 Å². The molecular formula is C18H25N3O3. The van der Waals surface area contributed by atoms with Crippen LogP contribution in [0.15, 0.2) is 24.3 Å². The van der Waals surface area contributed by atoms with Crippen LogP contribution in [0.1, 0.15) is 18.4 Å². The van der Waals surface area contributed by atoms with E-state index in [2.05, 4.69) is 4.90 Å². The maximum absolute atomic E-state index is 12.4. The number of rotatable bonds is 5. The van der Waals surface area contributed by atoms with E-state index in [0.29, 0.717) is 12.5 Å². The van der Waals surface area contributed by atoms with Crippen molar-refractivity contribution >= 4 is 11.8 Å². The molecule has 0 atom stereocenters. The Morgan fingerprint density at radius 2 is 1.88 bits per heavy atom. The van der Waals surface area contributed by atoms with Gasteiger partial charge < -0.3 is 15.4 Å². The highest BCUT2D eigenvalue weighted by Crippen LogP contribution is 2.25. The second-order valence-corrected chi connectivity index (χ2v) is 6.65. The predicted octanol–water partition coefficient (Wildman–Crippen LogP) is 0.646. The van der Waals surface area contributed by atoms with E-state index in [1.165, 1.54) is 0 Å². The molecule has 0 spiro atoms. The number of likely N-dealkylation sites (tertiary alicyclic amines) is 2. The number of carbonyl (C=O) groups excluding carboxylic acids is 2. The van der Waals surface area contributed by atoms with Gasteiger partial charge in [0.1, 0.15) is 5.75 Å². The lowest BCUT2D eigenvalue weighted by Crippen LogP contribution is -2.62. The molecule has 1 aromatic rings. The number of primary amides is 1. The van der Waals surface area contributed by atoms with Crippen LogP contribution in [0.2, 0.25) is 0 Å². The van der Waals surface area contributed by atoms with Gasteiger partial charge in [0.05, 0.1) is 13.5 Å². The zero-order valence-corrected chi connectivity index (χ0v) is 14.1. The topological polar surface area (TPSA) is 75.9 Å². The van der Waals surface area contributed by atoms with Crippen molar-refractivity contribution in [1.29, 1.82) is 0 Å². The van der Waals surface area contributed by atoms with Gasteiger partial charge >= 0.3 is 0 Å². The standard InChI is InChI=1S/C18H25N3O3/c1-24-16-5-3-2-4-14(16)10-17(22)21-11-15(12-21)20-8-6-13(7-9-20)18(19)23/h2-5,13,15H,6-12H2,1H3,(H2,19,23). The number of hydrogen-bond acceptors (Lipinski definition) is 4. The molecule has 0 bridgehead atoms. The van der Waals surface area contributed by atoms with Crippen LogP contribution in [-0.2, 0) is 16.0 Å². The van der Waals surface area contributed by atoms with Crippen molar-refractivity contribution in [3.63, 3.8) is 0 Å². The van der Waals surface area contributed by atoms with Crippen molar-refractivity contribution in [3.8, 4) is 5.75 Å². The third-order valence-corrected chi connectivity index (χ3v) is 5.20. The molecule has 2 saturated heterocycles. The van der Waals surface area contributed by atoms with E-state index in [-0.39, 0.29) is 17.7 Å². The Morgan fingerprint density at radius 3 is 2.50 bits per heavy atom. The highest BCUT2D eigenvalue weighted by molar-refractivity contribution is 5.80. The molecule has 0 aliphatic carbocycles. The van der Waals surface area contributed by atoms with Gasteiger partial charge in [-0.1, -0.05) is 18.2 Å². The molecule has 6 heteroatoms. The molecule has 0 saturated carbocycles. The molecule has 2 aliphatic rings. The summed E-state index contributed by atoms with van der Waals surface area (Å²) in [5, 5.41) is 0. The summed E-state index contributed by atoms with van der Waals surface area (Å²) in [4.78, 5) is 27.9. The Hall–Kier alpha value is -2.08. The number of methoxy groups -OCH3 is 1. The van der Waals surface area contributed by atoms with Crippen molar-refractivity contribution in [2.75, 3.05) is 33.3 Å². The summed E-state index contributed by atoms with van der Waals surface area (Å²) in [6.07, 6.45) is 2.04. The van der Waals surface area contributed by atoms with E-state index >= 15 is 0 Å². The van der Waals surface area contributed by atoms with Crippen LogP contribution >= 0.6 is 0 Å². The SMILES string of the molecule is COc1ccccc1CC(=O)N1CC(N2CCC(C(N)=O)CC2)C1. The minimum Gasteiger partial charge on any atom is -0.496 e. The van der Waals surface area contributed by atoms with Gasteiger partial charge in [-0.15, -0.1) is 0 Å². The third-order valence-electron chi connectivity index (χ3n) is 5.20. The number of ether oxygens (including phenoxy) is 1. The summed E-state index contributed by atoms with van der Waals surface area (Å²) < 4.78 is 5.31. The predicted molar refractivity (Wildman–Crippen MR) is 90.6 cm³/mol. The van der Waals surface area contributed by atoms with E-state index in [9.17, 15) is 9.59 Å². The average molecular weight is 331 g/mol. The zero-order chi connectivity index (χ0) is 17.1. The second kappa shape index (κ2) is 7.21. The number of para-hydroxylation sites is 1. The second-order valence-electron chi connectivity index (χ2n) is 6.65. The molecule has 2 aliphatic heterocycles. The molecule has 0 unspecified atom stereocenters. The molecule has 6 nitrogen and oxygen atoms in total. The molecule has 2 amide bonds. The first-order valence-electron chi connectivity index (χ1n) is 8.51. The van der Waals surface area contributed by atoms with Crippen LogP contribution in [0, 0.1) is 5.92 Å². The van der Waals surface area contributed by atoms with Crippen LogP contribution in [-0.4, -0.2) is 60.9 Å². The smallest absolute Gasteiger partial charge is 0.227 e. The van der Waals surface area contributed by atoms with Crippen molar-refractivity contribution in [3.05, 3.63) is 29.8 Å². The van der Waals surface area contributed by atoms with Gasteiger partial charge in [0, 0.05) is 30.6 Å². The number of amides is 2. The molecule has 1 aromatic carbocycles. The molecule has 2 N–H and O–H groups in total. The van der Waals surface area contributed by atoms with Gasteiger partial charge in [-0.3, -0.25) is 14.5 Å². The number of benzene rings is 1. The van der Waals surface area contributed by atoms with Crippen molar-refractivity contribution in [2.24, 2.45) is 11.7 Å². The highest BCUT2D eigenvalue weighted by atomic mass is 16.5. The molecular weight excluding hydrogens is 306 g/mol. The zero-order valence-electron chi connectivity index (χ0n) is 14.1. The first-order chi connectivity index (χ1) is 11.6. The van der Waals surface area contributed by atoms with E-state index < -0.39 is 0 Å². The Kier molecular flexibility index (Phi) is 5.04. The van der Waals surface area contributed by atoms with Gasteiger partial charge in [0.25, 0.3) is 0 Å². The van der Waals surface area contributed by atoms with Crippen molar-refractivity contribution in [1.82, 2.24) is 9.80 Å². The van der Waals surface area contributed by atoms with E-state index in [4.69, 9.17) is 10.5 Å². The molecule has 3 rings (SSSR count). The van der Waals surface area contributed by atoms with Gasteiger partial charge in [0.15, 0.2) is 0 Å². The fourth-order valence-corrected chi connectivity index (χ4v) is 3.56. The number of piperidine rings is 1. The number of hydrogen-bond donors (Lipinski definition) is 1. The third kappa shape index (κ3) is 3.53. The van der Waals surface area contributed by atoms with Crippen LogP contribution in [0.4, 0.5) is 0 Å². The minimum atomic E-state index is -0.183. The molecule has 2 heterocycles. The van der Waals surface area contributed by atoms with Crippen LogP contribution in [0.3, 0.4) is 0 Å². The maximum atomic E-state index is 12.4. The average Bonchev–Trinajstić information content (AvgIpc) is 2.54. The van der Waals surface area contributed by atoms with E-state index in [0.717, 1.165) is 50.3 Å². The lowest BCUT2D eigenvalue weighted by Gasteiger charge is -2.47. The fraction of sp³-hybridized carbons (Fsp3) is 0.556. The molecule has 0 radical (unpaired) electrons. The van der Waals surface area contributed by atoms with Crippen LogP contribution in [0.5, 0.6) is 5.75 Å². The Balaban J connectivity index is 1.46. The number of nitrogens with two attached hydrogens (primary N) is 1. The number of carbonyl (C=O) groups is 2. The molecule has 130 valence electrons. The maximum Gasteiger partial charge on any atom is 0.227 e. The summed E-state index contributed by atoms with van der Waals surface area (Å²) in [7, 11) is 1.62. The van der Waals surface area contributed by atoms with Gasteiger partial charge in [-0.2, -0.15) is 0 Å². The van der Waals surface area contributed by atoms with Gasteiger partial charge in [-0.25, -0.2) is 0 Å². The first kappa shape index (κ1) is 16.8. The number of nitrogens with zero attached hydrogens (tertiary/aromatic N) is 2. The minimum absolute atomic E-state index is 0.0182.